The van der Waals surface area contributed by atoms with E-state index >= 15 is 0 Å². The quantitative estimate of drug-likeness (QED) is 0.422. The normalized spacial score (nSPS) is 20.4. The van der Waals surface area contributed by atoms with E-state index in [1.54, 1.807) is 0 Å². The molecular formula is C11H16N4O4S. The highest BCUT2D eigenvalue weighted by atomic mass is 32.2. The van der Waals surface area contributed by atoms with Gasteiger partial charge in [0.25, 0.3) is 5.69 Å². The van der Waals surface area contributed by atoms with Crippen molar-refractivity contribution in [3.8, 4) is 0 Å². The average molecular weight is 300 g/mol. The predicted octanol–water partition coefficient (Wildman–Crippen LogP) is 0.957. The lowest BCUT2D eigenvalue weighted by molar-refractivity contribution is -0.387. The molecule has 1 aromatic rings. The van der Waals surface area contributed by atoms with Gasteiger partial charge in [0.05, 0.1) is 10.6 Å². The molecule has 0 spiro atoms. The van der Waals surface area contributed by atoms with Crippen LogP contribution in [-0.4, -0.2) is 19.4 Å². The van der Waals surface area contributed by atoms with Crippen LogP contribution < -0.4 is 16.0 Å². The van der Waals surface area contributed by atoms with E-state index in [0.717, 1.165) is 12.1 Å². The molecule has 1 fully saturated rings. The first kappa shape index (κ1) is 14.7. The summed E-state index contributed by atoms with van der Waals surface area (Å²) in [5.41, 5.74) is 1.96. The molecule has 2 rings (SSSR count). The van der Waals surface area contributed by atoms with E-state index in [2.05, 4.69) is 10.1 Å². The van der Waals surface area contributed by atoms with E-state index in [4.69, 9.17) is 5.84 Å². The van der Waals surface area contributed by atoms with Gasteiger partial charge in [-0.15, -0.1) is 0 Å². The van der Waals surface area contributed by atoms with Crippen LogP contribution in [0, 0.1) is 15.5 Å². The van der Waals surface area contributed by atoms with Crippen LogP contribution in [0.4, 0.5) is 11.4 Å². The molecule has 20 heavy (non-hydrogen) atoms. The fourth-order valence-corrected chi connectivity index (χ4v) is 3.49. The fraction of sp³-hybridized carbons (Fsp3) is 0.455. The Bertz CT molecular complexity index is 656. The van der Waals surface area contributed by atoms with Crippen LogP contribution in [-0.2, 0) is 10.0 Å². The van der Waals surface area contributed by atoms with Gasteiger partial charge in [-0.25, -0.2) is 13.1 Å². The topological polar surface area (TPSA) is 127 Å². The largest absolute Gasteiger partial charge is 0.324 e. The van der Waals surface area contributed by atoms with E-state index in [0.29, 0.717) is 6.42 Å². The number of benzene rings is 1. The van der Waals surface area contributed by atoms with Gasteiger partial charge in [0.15, 0.2) is 4.90 Å². The summed E-state index contributed by atoms with van der Waals surface area (Å²) >= 11 is 0. The monoisotopic (exact) mass is 300 g/mol. The Balaban J connectivity index is 2.41. The van der Waals surface area contributed by atoms with Crippen LogP contribution in [0.5, 0.6) is 0 Å². The molecule has 1 unspecified atom stereocenters. The summed E-state index contributed by atoms with van der Waals surface area (Å²) in [6.45, 7) is 3.85. The van der Waals surface area contributed by atoms with E-state index in [1.165, 1.54) is 6.07 Å². The minimum Gasteiger partial charge on any atom is -0.324 e. The zero-order valence-electron chi connectivity index (χ0n) is 11.1. The second-order valence-electron chi connectivity index (χ2n) is 5.45. The van der Waals surface area contributed by atoms with Crippen molar-refractivity contribution < 1.29 is 13.3 Å². The number of hydrogen-bond acceptors (Lipinski definition) is 6. The van der Waals surface area contributed by atoms with Gasteiger partial charge in [-0.05, 0) is 24.0 Å². The molecule has 0 bridgehead atoms. The number of anilines is 1. The van der Waals surface area contributed by atoms with Crippen molar-refractivity contribution in [3.63, 3.8) is 0 Å². The number of nitrogens with two attached hydrogens (primary N) is 1. The van der Waals surface area contributed by atoms with Crippen molar-refractivity contribution in [2.45, 2.75) is 31.2 Å². The molecule has 1 aliphatic carbocycles. The second-order valence-corrected chi connectivity index (χ2v) is 7.13. The molecule has 0 radical (unpaired) electrons. The molecule has 4 N–H and O–H groups in total. The first-order chi connectivity index (χ1) is 9.17. The average Bonchev–Trinajstić information content (AvgIpc) is 2.94. The van der Waals surface area contributed by atoms with Crippen LogP contribution in [0.25, 0.3) is 0 Å². The Labute approximate surface area is 116 Å². The van der Waals surface area contributed by atoms with Crippen molar-refractivity contribution >= 4 is 21.4 Å². The molecule has 8 nitrogen and oxygen atoms in total. The number of hydrazine groups is 1. The molecule has 1 aliphatic rings. The summed E-state index contributed by atoms with van der Waals surface area (Å²) < 4.78 is 27.0. The van der Waals surface area contributed by atoms with Gasteiger partial charge < -0.3 is 5.43 Å². The molecule has 0 amide bonds. The highest BCUT2D eigenvalue weighted by Gasteiger charge is 2.48. The smallest absolute Gasteiger partial charge is 0.289 e. The Morgan fingerprint density at radius 3 is 2.50 bits per heavy atom. The maximum Gasteiger partial charge on any atom is 0.289 e. The molecule has 0 aliphatic heterocycles. The molecule has 1 saturated carbocycles. The summed E-state index contributed by atoms with van der Waals surface area (Å²) in [7, 11) is -3.96. The Hall–Kier alpha value is -1.71. The number of nitrogen functional groups attached to an aromatic ring is 1. The zero-order chi connectivity index (χ0) is 15.1. The number of sulfonamides is 1. The van der Waals surface area contributed by atoms with Crippen LogP contribution in [0.2, 0.25) is 0 Å². The number of nitrogens with one attached hydrogen (secondary N) is 2. The predicted molar refractivity (Wildman–Crippen MR) is 73.4 cm³/mol. The number of nitro groups is 1. The molecular weight excluding hydrogens is 284 g/mol. The summed E-state index contributed by atoms with van der Waals surface area (Å²) in [6, 6.07) is 3.40. The lowest BCUT2D eigenvalue weighted by Gasteiger charge is -2.10. The highest BCUT2D eigenvalue weighted by Crippen LogP contribution is 2.45. The van der Waals surface area contributed by atoms with Crippen LogP contribution >= 0.6 is 0 Å². The maximum absolute atomic E-state index is 12.3. The molecule has 9 heteroatoms. The van der Waals surface area contributed by atoms with E-state index in [-0.39, 0.29) is 22.0 Å². The summed E-state index contributed by atoms with van der Waals surface area (Å²) in [4.78, 5) is 9.84. The maximum atomic E-state index is 12.3. The lowest BCUT2D eigenvalue weighted by atomic mass is 10.2. The third kappa shape index (κ3) is 2.74. The first-order valence-electron chi connectivity index (χ1n) is 5.95. The van der Waals surface area contributed by atoms with Crippen LogP contribution in [0.1, 0.15) is 20.3 Å². The van der Waals surface area contributed by atoms with Crippen molar-refractivity contribution in [2.75, 3.05) is 5.43 Å². The lowest BCUT2D eigenvalue weighted by Crippen LogP contribution is -2.29. The Morgan fingerprint density at radius 1 is 1.45 bits per heavy atom. The molecule has 0 heterocycles. The van der Waals surface area contributed by atoms with E-state index in [1.807, 2.05) is 13.8 Å². The Morgan fingerprint density at radius 2 is 2.05 bits per heavy atom. The standard InChI is InChI=1S/C11H16N4O4S/c1-11(2)6-10(11)14-20(18,19)9-5-7(13-12)3-4-8(9)15(16)17/h3-5,10,13-14H,6,12H2,1-2H3. The number of hydrogen-bond donors (Lipinski definition) is 3. The summed E-state index contributed by atoms with van der Waals surface area (Å²) in [6.07, 6.45) is 0.703. The van der Waals surface area contributed by atoms with Gasteiger partial charge in [-0.2, -0.15) is 0 Å². The molecule has 1 atom stereocenters. The van der Waals surface area contributed by atoms with Gasteiger partial charge >= 0.3 is 0 Å². The van der Waals surface area contributed by atoms with Gasteiger partial charge in [0.2, 0.25) is 10.0 Å². The van der Waals surface area contributed by atoms with Crippen molar-refractivity contribution in [2.24, 2.45) is 11.3 Å². The third-order valence-electron chi connectivity index (χ3n) is 3.42. The third-order valence-corrected chi connectivity index (χ3v) is 4.92. The molecule has 0 saturated heterocycles. The number of rotatable bonds is 5. The van der Waals surface area contributed by atoms with Gasteiger partial charge in [0, 0.05) is 12.1 Å². The summed E-state index contributed by atoms with van der Waals surface area (Å²) in [5, 5.41) is 11.0. The van der Waals surface area contributed by atoms with Gasteiger partial charge in [-0.3, -0.25) is 16.0 Å². The van der Waals surface area contributed by atoms with Crippen molar-refractivity contribution in [3.05, 3.63) is 28.3 Å². The molecule has 110 valence electrons. The second kappa shape index (κ2) is 4.69. The van der Waals surface area contributed by atoms with E-state index < -0.39 is 20.6 Å². The van der Waals surface area contributed by atoms with Gasteiger partial charge in [0.1, 0.15) is 0 Å². The van der Waals surface area contributed by atoms with Crippen LogP contribution in [0.3, 0.4) is 0 Å². The zero-order valence-corrected chi connectivity index (χ0v) is 11.9. The molecule has 0 aromatic heterocycles. The van der Waals surface area contributed by atoms with Gasteiger partial charge in [-0.1, -0.05) is 13.8 Å². The fourth-order valence-electron chi connectivity index (χ4n) is 1.89. The summed E-state index contributed by atoms with van der Waals surface area (Å²) in [5.74, 6) is 5.21. The highest BCUT2D eigenvalue weighted by molar-refractivity contribution is 7.89. The Kier molecular flexibility index (Phi) is 3.44. The number of nitro benzene ring substituents is 1. The number of nitrogens with zero attached hydrogens (tertiary/aromatic N) is 1. The van der Waals surface area contributed by atoms with Crippen molar-refractivity contribution in [1.29, 1.82) is 0 Å². The minimum atomic E-state index is -3.96. The SMILES string of the molecule is CC1(C)CC1NS(=O)(=O)c1cc(NN)ccc1[N+](=O)[O-]. The first-order valence-corrected chi connectivity index (χ1v) is 7.43. The van der Waals surface area contributed by atoms with E-state index in [9.17, 15) is 18.5 Å². The van der Waals surface area contributed by atoms with Crippen LogP contribution in [0.15, 0.2) is 23.1 Å². The van der Waals surface area contributed by atoms with Crippen molar-refractivity contribution in [1.82, 2.24) is 4.72 Å². The molecule has 1 aromatic carbocycles. The minimum absolute atomic E-state index is 0.119.